The summed E-state index contributed by atoms with van der Waals surface area (Å²) in [6.45, 7) is 0. The average Bonchev–Trinajstić information content (AvgIpc) is 2.46. The Hall–Kier alpha value is -2.42. The van der Waals surface area contributed by atoms with Crippen molar-refractivity contribution >= 4 is 11.7 Å². The van der Waals surface area contributed by atoms with E-state index >= 15 is 0 Å². The lowest BCUT2D eigenvalue weighted by molar-refractivity contribution is 0.0957. The highest BCUT2D eigenvalue weighted by atomic mass is 16.1. The van der Waals surface area contributed by atoms with Gasteiger partial charge in [-0.3, -0.25) is 9.59 Å². The molecule has 0 bridgehead atoms. The molecule has 2 aromatic carbocycles. The van der Waals surface area contributed by atoms with Crippen molar-refractivity contribution < 1.29 is 9.59 Å². The third-order valence-corrected chi connectivity index (χ3v) is 2.98. The van der Waals surface area contributed by atoms with Crippen LogP contribution in [0.1, 0.15) is 32.7 Å². The molecule has 3 nitrogen and oxygen atoms in total. The van der Waals surface area contributed by atoms with Crippen molar-refractivity contribution in [3.63, 3.8) is 0 Å². The Morgan fingerprint density at radius 3 is 2.05 bits per heavy atom. The zero-order chi connectivity index (χ0) is 13.7. The van der Waals surface area contributed by atoms with E-state index in [4.69, 9.17) is 5.73 Å². The number of hydrogen-bond donors (Lipinski definition) is 1. The third-order valence-electron chi connectivity index (χ3n) is 2.98. The second-order valence-electron chi connectivity index (χ2n) is 4.32. The molecule has 0 saturated heterocycles. The van der Waals surface area contributed by atoms with Crippen LogP contribution in [-0.2, 0) is 6.42 Å². The van der Waals surface area contributed by atoms with Gasteiger partial charge in [0, 0.05) is 17.5 Å². The molecule has 0 aliphatic carbocycles. The Labute approximate surface area is 112 Å². The van der Waals surface area contributed by atoms with Crippen LogP contribution in [0.25, 0.3) is 0 Å². The Morgan fingerprint density at radius 1 is 0.842 bits per heavy atom. The van der Waals surface area contributed by atoms with E-state index in [-0.39, 0.29) is 5.78 Å². The summed E-state index contributed by atoms with van der Waals surface area (Å²) in [6, 6.07) is 16.4. The summed E-state index contributed by atoms with van der Waals surface area (Å²) in [6.07, 6.45) is 1.03. The fraction of sp³-hybridized carbons (Fsp3) is 0.125. The number of carbonyl (C=O) groups is 2. The Morgan fingerprint density at radius 2 is 1.42 bits per heavy atom. The minimum Gasteiger partial charge on any atom is -0.366 e. The number of primary amides is 1. The monoisotopic (exact) mass is 253 g/mol. The molecule has 1 amide bonds. The maximum Gasteiger partial charge on any atom is 0.249 e. The van der Waals surface area contributed by atoms with Gasteiger partial charge in [0.05, 0.1) is 0 Å². The van der Waals surface area contributed by atoms with E-state index in [1.165, 1.54) is 0 Å². The number of Topliss-reactive ketones (excluding diaryl/α,β-unsaturated/α-hetero) is 1. The maximum absolute atomic E-state index is 12.1. The van der Waals surface area contributed by atoms with Gasteiger partial charge in [0.1, 0.15) is 0 Å². The van der Waals surface area contributed by atoms with E-state index in [1.807, 2.05) is 30.3 Å². The molecule has 0 radical (unpaired) electrons. The molecule has 0 fully saturated rings. The molecular formula is C16H15NO2. The van der Waals surface area contributed by atoms with Crippen LogP contribution in [-0.4, -0.2) is 11.7 Å². The third kappa shape index (κ3) is 3.28. The number of hydrogen-bond acceptors (Lipinski definition) is 2. The van der Waals surface area contributed by atoms with Crippen LogP contribution in [0.5, 0.6) is 0 Å². The van der Waals surface area contributed by atoms with E-state index < -0.39 is 5.91 Å². The smallest absolute Gasteiger partial charge is 0.249 e. The first-order valence-electron chi connectivity index (χ1n) is 6.14. The van der Waals surface area contributed by atoms with Crippen LogP contribution in [0.15, 0.2) is 54.6 Å². The number of aryl methyl sites for hydroxylation is 1. The first-order chi connectivity index (χ1) is 9.18. The van der Waals surface area contributed by atoms with Crippen LogP contribution in [0, 0.1) is 0 Å². The molecule has 0 saturated carbocycles. The first kappa shape index (κ1) is 13.0. The lowest BCUT2D eigenvalue weighted by atomic mass is 9.98. The molecule has 2 N–H and O–H groups in total. The molecule has 0 aromatic heterocycles. The molecule has 19 heavy (non-hydrogen) atoms. The highest BCUT2D eigenvalue weighted by molar-refractivity contribution is 6.07. The fourth-order valence-corrected chi connectivity index (χ4v) is 1.98. The lowest BCUT2D eigenvalue weighted by Crippen LogP contribution is -2.16. The van der Waals surface area contributed by atoms with E-state index in [9.17, 15) is 9.59 Å². The van der Waals surface area contributed by atoms with Crippen molar-refractivity contribution in [1.29, 1.82) is 0 Å². The molecule has 2 rings (SSSR count). The molecular weight excluding hydrogens is 238 g/mol. The van der Waals surface area contributed by atoms with Gasteiger partial charge < -0.3 is 5.73 Å². The molecule has 2 aromatic rings. The van der Waals surface area contributed by atoms with Gasteiger partial charge in [-0.05, 0) is 18.1 Å². The first-order valence-corrected chi connectivity index (χ1v) is 6.14. The van der Waals surface area contributed by atoms with Crippen LogP contribution < -0.4 is 5.73 Å². The molecule has 0 aliphatic heterocycles. The van der Waals surface area contributed by atoms with Gasteiger partial charge in [-0.25, -0.2) is 0 Å². The van der Waals surface area contributed by atoms with Crippen LogP contribution >= 0.6 is 0 Å². The van der Waals surface area contributed by atoms with Crippen LogP contribution in [0.3, 0.4) is 0 Å². The zero-order valence-corrected chi connectivity index (χ0v) is 10.5. The highest BCUT2D eigenvalue weighted by Crippen LogP contribution is 2.13. The topological polar surface area (TPSA) is 60.2 Å². The van der Waals surface area contributed by atoms with E-state index in [2.05, 4.69) is 0 Å². The van der Waals surface area contributed by atoms with Crippen LogP contribution in [0.2, 0.25) is 0 Å². The molecule has 0 spiro atoms. The molecule has 0 heterocycles. The number of amides is 1. The molecule has 3 heteroatoms. The Bertz CT molecular complexity index is 591. The van der Waals surface area contributed by atoms with Gasteiger partial charge in [0.2, 0.25) is 5.91 Å². The summed E-state index contributed by atoms with van der Waals surface area (Å²) in [5.41, 5.74) is 7.07. The molecule has 0 aliphatic rings. The summed E-state index contributed by atoms with van der Waals surface area (Å²) in [5, 5.41) is 0. The van der Waals surface area contributed by atoms with Crippen LogP contribution in [0.4, 0.5) is 0 Å². The summed E-state index contributed by atoms with van der Waals surface area (Å²) >= 11 is 0. The normalized spacial score (nSPS) is 10.1. The molecule has 0 atom stereocenters. The number of benzene rings is 2. The number of nitrogens with two attached hydrogens (primary N) is 1. The standard InChI is InChI=1S/C16H15NO2/c17-16(19)14-9-5-4-8-13(14)15(18)11-10-12-6-2-1-3-7-12/h1-9H,10-11H2,(H2,17,19). The van der Waals surface area contributed by atoms with Gasteiger partial charge >= 0.3 is 0 Å². The van der Waals surface area contributed by atoms with Crippen molar-refractivity contribution in [3.05, 3.63) is 71.3 Å². The molecule has 0 unspecified atom stereocenters. The van der Waals surface area contributed by atoms with Gasteiger partial charge in [-0.2, -0.15) is 0 Å². The summed E-state index contributed by atoms with van der Waals surface area (Å²) in [7, 11) is 0. The summed E-state index contributed by atoms with van der Waals surface area (Å²) < 4.78 is 0. The largest absolute Gasteiger partial charge is 0.366 e. The summed E-state index contributed by atoms with van der Waals surface area (Å²) in [4.78, 5) is 23.4. The van der Waals surface area contributed by atoms with Crippen molar-refractivity contribution in [3.8, 4) is 0 Å². The number of carbonyl (C=O) groups excluding carboxylic acids is 2. The second kappa shape index (κ2) is 5.96. The average molecular weight is 253 g/mol. The predicted octanol–water partition coefficient (Wildman–Crippen LogP) is 2.60. The van der Waals surface area contributed by atoms with E-state index in [1.54, 1.807) is 24.3 Å². The number of ketones is 1. The van der Waals surface area contributed by atoms with Gasteiger partial charge in [-0.1, -0.05) is 48.5 Å². The Balaban J connectivity index is 2.10. The maximum atomic E-state index is 12.1. The number of rotatable bonds is 5. The van der Waals surface area contributed by atoms with Gasteiger partial charge in [0.15, 0.2) is 5.78 Å². The highest BCUT2D eigenvalue weighted by Gasteiger charge is 2.13. The zero-order valence-electron chi connectivity index (χ0n) is 10.5. The fourth-order valence-electron chi connectivity index (χ4n) is 1.98. The quantitative estimate of drug-likeness (QED) is 0.832. The lowest BCUT2D eigenvalue weighted by Gasteiger charge is -2.05. The molecule has 96 valence electrons. The van der Waals surface area contributed by atoms with E-state index in [0.29, 0.717) is 24.0 Å². The summed E-state index contributed by atoms with van der Waals surface area (Å²) in [5.74, 6) is -0.623. The van der Waals surface area contributed by atoms with Crippen molar-refractivity contribution in [2.75, 3.05) is 0 Å². The van der Waals surface area contributed by atoms with Gasteiger partial charge in [0.25, 0.3) is 0 Å². The van der Waals surface area contributed by atoms with Crippen molar-refractivity contribution in [2.24, 2.45) is 5.73 Å². The van der Waals surface area contributed by atoms with E-state index in [0.717, 1.165) is 5.56 Å². The second-order valence-corrected chi connectivity index (χ2v) is 4.32. The van der Waals surface area contributed by atoms with Crippen molar-refractivity contribution in [2.45, 2.75) is 12.8 Å². The Kier molecular flexibility index (Phi) is 4.08. The SMILES string of the molecule is NC(=O)c1ccccc1C(=O)CCc1ccccc1. The minimum atomic E-state index is -0.566. The van der Waals surface area contributed by atoms with Gasteiger partial charge in [-0.15, -0.1) is 0 Å². The minimum absolute atomic E-state index is 0.0572. The predicted molar refractivity (Wildman–Crippen MR) is 74.1 cm³/mol. The van der Waals surface area contributed by atoms with Crippen molar-refractivity contribution in [1.82, 2.24) is 0 Å².